The maximum Gasteiger partial charge on any atom is 0.223 e. The molecule has 2 aliphatic rings. The minimum absolute atomic E-state index is 0.0171. The fraction of sp³-hybridized carbons (Fsp3) is 0.333. The Kier molecular flexibility index (Phi) is 3.77. The highest BCUT2D eigenvalue weighted by molar-refractivity contribution is 6.07. The zero-order valence-electron chi connectivity index (χ0n) is 14.9. The molecule has 0 spiro atoms. The van der Waals surface area contributed by atoms with Crippen molar-refractivity contribution in [3.05, 3.63) is 59.7 Å². The summed E-state index contributed by atoms with van der Waals surface area (Å²) in [5.41, 5.74) is 3.72. The fourth-order valence-electron chi connectivity index (χ4n) is 4.07. The van der Waals surface area contributed by atoms with E-state index in [1.807, 2.05) is 30.3 Å². The highest BCUT2D eigenvalue weighted by Crippen LogP contribution is 2.48. The van der Waals surface area contributed by atoms with Gasteiger partial charge in [-0.05, 0) is 42.7 Å². The smallest absolute Gasteiger partial charge is 0.223 e. The molecule has 3 heterocycles. The Hall–Kier alpha value is -3.02. The number of nitrogens with one attached hydrogen (secondary N) is 1. The minimum atomic E-state index is -0.0171. The fourth-order valence-corrected chi connectivity index (χ4v) is 4.07. The third-order valence-corrected chi connectivity index (χ3v) is 5.58. The molecule has 3 aromatic rings. The first-order valence-corrected chi connectivity index (χ1v) is 9.41. The molecule has 1 aliphatic heterocycles. The van der Waals surface area contributed by atoms with Gasteiger partial charge in [-0.25, -0.2) is 4.98 Å². The average Bonchev–Trinajstić information content (AvgIpc) is 3.41. The Balaban J connectivity index is 1.29. The van der Waals surface area contributed by atoms with Crippen molar-refractivity contribution in [1.82, 2.24) is 19.9 Å². The summed E-state index contributed by atoms with van der Waals surface area (Å²) in [6.07, 6.45) is 5.66. The van der Waals surface area contributed by atoms with Gasteiger partial charge in [-0.3, -0.25) is 14.6 Å². The van der Waals surface area contributed by atoms with Gasteiger partial charge < -0.3 is 9.88 Å². The molecule has 1 N–H and O–H groups in total. The molecule has 1 amide bonds. The van der Waals surface area contributed by atoms with E-state index in [2.05, 4.69) is 14.9 Å². The van der Waals surface area contributed by atoms with Gasteiger partial charge in [0.15, 0.2) is 5.78 Å². The van der Waals surface area contributed by atoms with Crippen LogP contribution in [-0.2, 0) is 17.8 Å². The van der Waals surface area contributed by atoms with Crippen LogP contribution in [0.25, 0.3) is 11.0 Å². The second-order valence-electron chi connectivity index (χ2n) is 7.31. The standard InChI is InChI=1S/C21H20N4O2/c26-18-7-11-25-19-14(18)2-1-3-17(19)24-20(25)15-12-16(15)21(27)23-10-6-13-4-8-22-9-5-13/h1-5,8-9,15-16H,6-7,10-12H2,(H,23,27). The van der Waals surface area contributed by atoms with Gasteiger partial charge in [0, 0.05) is 49.3 Å². The lowest BCUT2D eigenvalue weighted by molar-refractivity contribution is -0.122. The minimum Gasteiger partial charge on any atom is -0.356 e. The van der Waals surface area contributed by atoms with E-state index < -0.39 is 0 Å². The van der Waals surface area contributed by atoms with Crippen LogP contribution >= 0.6 is 0 Å². The summed E-state index contributed by atoms with van der Waals surface area (Å²) < 4.78 is 2.15. The van der Waals surface area contributed by atoms with Crippen LogP contribution in [0.2, 0.25) is 0 Å². The van der Waals surface area contributed by atoms with E-state index in [-0.39, 0.29) is 23.5 Å². The maximum absolute atomic E-state index is 12.5. The Bertz CT molecular complexity index is 1040. The number of ketones is 1. The number of amides is 1. The lowest BCUT2D eigenvalue weighted by atomic mass is 10.0. The molecule has 5 rings (SSSR count). The highest BCUT2D eigenvalue weighted by atomic mass is 16.2. The molecule has 136 valence electrons. The van der Waals surface area contributed by atoms with Crippen LogP contribution in [0, 0.1) is 5.92 Å². The van der Waals surface area contributed by atoms with Gasteiger partial charge >= 0.3 is 0 Å². The maximum atomic E-state index is 12.5. The first kappa shape index (κ1) is 16.2. The Morgan fingerprint density at radius 2 is 2.07 bits per heavy atom. The van der Waals surface area contributed by atoms with Crippen LogP contribution in [0.1, 0.15) is 40.5 Å². The lowest BCUT2D eigenvalue weighted by Gasteiger charge is -2.15. The number of benzene rings is 1. The molecule has 6 nitrogen and oxygen atoms in total. The van der Waals surface area contributed by atoms with E-state index >= 15 is 0 Å². The molecular formula is C21H20N4O2. The van der Waals surface area contributed by atoms with E-state index in [1.54, 1.807) is 12.4 Å². The number of Topliss-reactive ketones (excluding diaryl/α,β-unsaturated/α-hetero) is 1. The average molecular weight is 360 g/mol. The van der Waals surface area contributed by atoms with Gasteiger partial charge in [-0.15, -0.1) is 0 Å². The third-order valence-electron chi connectivity index (χ3n) is 5.58. The number of carbonyl (C=O) groups excluding carboxylic acids is 2. The van der Waals surface area contributed by atoms with Crippen LogP contribution in [-0.4, -0.2) is 32.8 Å². The summed E-state index contributed by atoms with van der Waals surface area (Å²) in [5, 5.41) is 3.05. The van der Waals surface area contributed by atoms with Gasteiger partial charge in [0.1, 0.15) is 5.82 Å². The van der Waals surface area contributed by atoms with Gasteiger partial charge in [0.25, 0.3) is 0 Å². The molecule has 2 aromatic heterocycles. The molecule has 1 saturated carbocycles. The van der Waals surface area contributed by atoms with Crippen LogP contribution in [0.5, 0.6) is 0 Å². The molecule has 1 fully saturated rings. The van der Waals surface area contributed by atoms with Gasteiger partial charge in [0.05, 0.1) is 11.0 Å². The van der Waals surface area contributed by atoms with E-state index in [4.69, 9.17) is 4.98 Å². The summed E-state index contributed by atoms with van der Waals surface area (Å²) in [5.74, 6) is 1.37. The van der Waals surface area contributed by atoms with Crippen LogP contribution in [0.3, 0.4) is 0 Å². The molecule has 0 saturated heterocycles. The van der Waals surface area contributed by atoms with Gasteiger partial charge in [0.2, 0.25) is 5.91 Å². The number of pyridine rings is 1. The topological polar surface area (TPSA) is 76.9 Å². The normalized spacial score (nSPS) is 20.7. The Morgan fingerprint density at radius 1 is 1.22 bits per heavy atom. The number of rotatable bonds is 5. The van der Waals surface area contributed by atoms with Crippen molar-refractivity contribution in [2.24, 2.45) is 5.92 Å². The van der Waals surface area contributed by atoms with Crippen molar-refractivity contribution in [1.29, 1.82) is 0 Å². The number of nitrogens with zero attached hydrogens (tertiary/aromatic N) is 3. The summed E-state index contributed by atoms with van der Waals surface area (Å²) in [6.45, 7) is 1.29. The van der Waals surface area contributed by atoms with Crippen LogP contribution in [0.15, 0.2) is 42.7 Å². The number of imidazole rings is 1. The summed E-state index contributed by atoms with van der Waals surface area (Å²) in [4.78, 5) is 33.4. The van der Waals surface area contributed by atoms with E-state index in [9.17, 15) is 9.59 Å². The van der Waals surface area contributed by atoms with Gasteiger partial charge in [-0.2, -0.15) is 0 Å². The Labute approximate surface area is 156 Å². The molecule has 0 bridgehead atoms. The first-order valence-electron chi connectivity index (χ1n) is 9.41. The lowest BCUT2D eigenvalue weighted by Crippen LogP contribution is -2.27. The molecule has 6 heteroatoms. The monoisotopic (exact) mass is 360 g/mol. The van der Waals surface area contributed by atoms with Crippen molar-refractivity contribution >= 4 is 22.7 Å². The number of para-hydroxylation sites is 1. The number of aryl methyl sites for hydroxylation is 1. The molecule has 1 aliphatic carbocycles. The van der Waals surface area contributed by atoms with E-state index in [1.165, 1.54) is 5.56 Å². The van der Waals surface area contributed by atoms with Crippen LogP contribution < -0.4 is 5.32 Å². The quantitative estimate of drug-likeness (QED) is 0.758. The summed E-state index contributed by atoms with van der Waals surface area (Å²) >= 11 is 0. The largest absolute Gasteiger partial charge is 0.356 e. The predicted octanol–water partition coefficient (Wildman–Crippen LogP) is 2.48. The van der Waals surface area contributed by atoms with Crippen molar-refractivity contribution in [3.8, 4) is 0 Å². The van der Waals surface area contributed by atoms with E-state index in [0.717, 1.165) is 35.3 Å². The molecule has 0 radical (unpaired) electrons. The van der Waals surface area contributed by atoms with Crippen molar-refractivity contribution in [2.75, 3.05) is 6.54 Å². The number of hydrogen-bond donors (Lipinski definition) is 1. The molecule has 2 atom stereocenters. The summed E-state index contributed by atoms with van der Waals surface area (Å²) in [7, 11) is 0. The highest BCUT2D eigenvalue weighted by Gasteiger charge is 2.47. The van der Waals surface area contributed by atoms with Gasteiger partial charge in [-0.1, -0.05) is 6.07 Å². The second kappa shape index (κ2) is 6.30. The van der Waals surface area contributed by atoms with Crippen molar-refractivity contribution in [3.63, 3.8) is 0 Å². The number of hydrogen-bond acceptors (Lipinski definition) is 4. The van der Waals surface area contributed by atoms with E-state index in [0.29, 0.717) is 19.5 Å². The molecule has 27 heavy (non-hydrogen) atoms. The second-order valence-corrected chi connectivity index (χ2v) is 7.31. The third kappa shape index (κ3) is 2.81. The number of carbonyl (C=O) groups is 2. The summed E-state index contributed by atoms with van der Waals surface area (Å²) in [6, 6.07) is 9.64. The first-order chi connectivity index (χ1) is 13.2. The van der Waals surface area contributed by atoms with Crippen LogP contribution in [0.4, 0.5) is 0 Å². The SMILES string of the molecule is O=C1CCn2c(C3CC3C(=O)NCCc3ccncc3)nc3cccc1c32. The van der Waals surface area contributed by atoms with Crippen molar-refractivity contribution in [2.45, 2.75) is 31.7 Å². The molecule has 2 unspecified atom stereocenters. The Morgan fingerprint density at radius 3 is 2.93 bits per heavy atom. The molecular weight excluding hydrogens is 340 g/mol. The van der Waals surface area contributed by atoms with Crippen molar-refractivity contribution < 1.29 is 9.59 Å². The number of aromatic nitrogens is 3. The molecule has 1 aromatic carbocycles. The zero-order valence-corrected chi connectivity index (χ0v) is 14.9. The zero-order chi connectivity index (χ0) is 18.4. The predicted molar refractivity (Wildman–Crippen MR) is 100 cm³/mol.